The minimum absolute atomic E-state index is 0.133. The minimum atomic E-state index is -0.133. The molecule has 0 atom stereocenters. The van der Waals surface area contributed by atoms with Crippen LogP contribution in [0.2, 0.25) is 0 Å². The summed E-state index contributed by atoms with van der Waals surface area (Å²) in [5.41, 5.74) is 1.04. The van der Waals surface area contributed by atoms with Gasteiger partial charge in [-0.2, -0.15) is 0 Å². The summed E-state index contributed by atoms with van der Waals surface area (Å²) in [6.45, 7) is 6.47. The molecule has 1 aromatic rings. The Morgan fingerprint density at radius 3 is 2.94 bits per heavy atom. The van der Waals surface area contributed by atoms with E-state index in [0.717, 1.165) is 19.5 Å². The summed E-state index contributed by atoms with van der Waals surface area (Å²) in [5.74, 6) is 0.350. The van der Waals surface area contributed by atoms with Gasteiger partial charge in [-0.3, -0.25) is 14.7 Å². The molecule has 1 aliphatic rings. The maximum absolute atomic E-state index is 11.9. The van der Waals surface area contributed by atoms with E-state index in [-0.39, 0.29) is 5.41 Å². The summed E-state index contributed by atoms with van der Waals surface area (Å²) in [6.07, 6.45) is 4.59. The summed E-state index contributed by atoms with van der Waals surface area (Å²) in [7, 11) is 0. The molecule has 0 radical (unpaired) electrons. The third kappa shape index (κ3) is 2.47. The molecule has 0 aliphatic carbocycles. The van der Waals surface area contributed by atoms with Gasteiger partial charge in [-0.05, 0) is 24.6 Å². The molecule has 1 aromatic heterocycles. The number of carbonyl (C=O) groups excluding carboxylic acids is 1. The van der Waals surface area contributed by atoms with E-state index in [1.165, 1.54) is 5.56 Å². The van der Waals surface area contributed by atoms with E-state index in [1.807, 2.05) is 26.1 Å². The fraction of sp³-hybridized carbons (Fsp3) is 0.538. The Morgan fingerprint density at radius 2 is 2.31 bits per heavy atom. The van der Waals surface area contributed by atoms with Gasteiger partial charge in [0.1, 0.15) is 0 Å². The van der Waals surface area contributed by atoms with Crippen LogP contribution in [0.5, 0.6) is 0 Å². The van der Waals surface area contributed by atoms with E-state index in [9.17, 15) is 4.79 Å². The Bertz CT molecular complexity index is 373. The van der Waals surface area contributed by atoms with E-state index < -0.39 is 0 Å². The first-order chi connectivity index (χ1) is 7.58. The number of pyridine rings is 1. The van der Waals surface area contributed by atoms with Crippen molar-refractivity contribution in [3.8, 4) is 0 Å². The Balaban J connectivity index is 1.97. The fourth-order valence-corrected chi connectivity index (χ4v) is 1.96. The van der Waals surface area contributed by atoms with E-state index in [2.05, 4.69) is 16.0 Å². The van der Waals surface area contributed by atoms with Crippen molar-refractivity contribution in [1.29, 1.82) is 0 Å². The smallest absolute Gasteiger partial charge is 0.152 e. The molecule has 0 unspecified atom stereocenters. The van der Waals surface area contributed by atoms with Crippen molar-refractivity contribution >= 4 is 5.78 Å². The van der Waals surface area contributed by atoms with Crippen molar-refractivity contribution in [1.82, 2.24) is 9.88 Å². The lowest BCUT2D eigenvalue weighted by molar-refractivity contribution is -0.132. The van der Waals surface area contributed by atoms with Crippen molar-refractivity contribution in [2.24, 2.45) is 5.41 Å². The van der Waals surface area contributed by atoms with Crippen LogP contribution < -0.4 is 0 Å². The monoisotopic (exact) mass is 218 g/mol. The van der Waals surface area contributed by atoms with Gasteiger partial charge in [-0.25, -0.2) is 0 Å². The van der Waals surface area contributed by atoms with Crippen LogP contribution in [0.15, 0.2) is 24.5 Å². The van der Waals surface area contributed by atoms with Crippen LogP contribution in [-0.2, 0) is 11.3 Å². The van der Waals surface area contributed by atoms with Gasteiger partial charge in [-0.15, -0.1) is 0 Å². The number of carbonyl (C=O) groups is 1. The second-order valence-corrected chi connectivity index (χ2v) is 5.13. The first-order valence-corrected chi connectivity index (χ1v) is 5.72. The lowest BCUT2D eigenvalue weighted by atomic mass is 9.81. The van der Waals surface area contributed by atoms with Gasteiger partial charge in [0.2, 0.25) is 0 Å². The molecule has 0 bridgehead atoms. The van der Waals surface area contributed by atoms with Crippen molar-refractivity contribution in [3.63, 3.8) is 0 Å². The molecular formula is C13H18N2O. The number of nitrogens with zero attached hydrogens (tertiary/aromatic N) is 2. The Hall–Kier alpha value is -1.22. The minimum Gasteiger partial charge on any atom is -0.298 e. The molecule has 1 fully saturated rings. The average molecular weight is 218 g/mol. The summed E-state index contributed by atoms with van der Waals surface area (Å²) >= 11 is 0. The molecule has 2 heterocycles. The second kappa shape index (κ2) is 4.34. The highest BCUT2D eigenvalue weighted by atomic mass is 16.1. The van der Waals surface area contributed by atoms with Gasteiger partial charge in [0.05, 0.1) is 6.54 Å². The lowest BCUT2D eigenvalue weighted by Gasteiger charge is -2.35. The van der Waals surface area contributed by atoms with Crippen molar-refractivity contribution < 1.29 is 4.79 Å². The largest absolute Gasteiger partial charge is 0.298 e. The molecule has 0 amide bonds. The predicted octanol–water partition coefficient (Wildman–Crippen LogP) is 1.88. The molecular weight excluding hydrogens is 200 g/mol. The van der Waals surface area contributed by atoms with E-state index in [1.54, 1.807) is 6.20 Å². The van der Waals surface area contributed by atoms with Crippen LogP contribution in [0.3, 0.4) is 0 Å². The predicted molar refractivity (Wildman–Crippen MR) is 62.9 cm³/mol. The molecule has 16 heavy (non-hydrogen) atoms. The Kier molecular flexibility index (Phi) is 3.06. The number of Topliss-reactive ketones (excluding diaryl/α,β-unsaturated/α-hetero) is 1. The fourth-order valence-electron chi connectivity index (χ4n) is 1.96. The average Bonchev–Trinajstić information content (AvgIpc) is 2.26. The van der Waals surface area contributed by atoms with Gasteiger partial charge < -0.3 is 0 Å². The normalized spacial score (nSPS) is 21.0. The van der Waals surface area contributed by atoms with Crippen molar-refractivity contribution in [3.05, 3.63) is 30.1 Å². The number of hydrogen-bond donors (Lipinski definition) is 0. The number of piperidine rings is 1. The molecule has 1 aliphatic heterocycles. The van der Waals surface area contributed by atoms with Gasteiger partial charge >= 0.3 is 0 Å². The van der Waals surface area contributed by atoms with Crippen molar-refractivity contribution in [2.75, 3.05) is 13.1 Å². The van der Waals surface area contributed by atoms with Crippen LogP contribution >= 0.6 is 0 Å². The molecule has 0 aromatic carbocycles. The molecule has 0 spiro atoms. The first-order valence-electron chi connectivity index (χ1n) is 5.72. The number of likely N-dealkylation sites (tertiary alicyclic amines) is 1. The van der Waals surface area contributed by atoms with Gasteiger partial charge in [0.15, 0.2) is 5.78 Å². The molecule has 3 nitrogen and oxygen atoms in total. The van der Waals surface area contributed by atoms with Crippen molar-refractivity contribution in [2.45, 2.75) is 26.8 Å². The zero-order chi connectivity index (χ0) is 11.6. The zero-order valence-electron chi connectivity index (χ0n) is 9.94. The Labute approximate surface area is 96.5 Å². The van der Waals surface area contributed by atoms with E-state index in [4.69, 9.17) is 0 Å². The van der Waals surface area contributed by atoms with Gasteiger partial charge in [-0.1, -0.05) is 19.9 Å². The molecule has 0 saturated carbocycles. The highest BCUT2D eigenvalue weighted by molar-refractivity contribution is 5.86. The number of rotatable bonds is 2. The topological polar surface area (TPSA) is 33.2 Å². The Morgan fingerprint density at radius 1 is 1.50 bits per heavy atom. The number of ketones is 1. The maximum atomic E-state index is 11.9. The number of hydrogen-bond acceptors (Lipinski definition) is 3. The van der Waals surface area contributed by atoms with Crippen LogP contribution in [0, 0.1) is 5.41 Å². The van der Waals surface area contributed by atoms with E-state index >= 15 is 0 Å². The highest BCUT2D eigenvalue weighted by Crippen LogP contribution is 2.27. The standard InChI is InChI=1S/C13H18N2O/c1-13(2)5-7-15(10-12(13)16)9-11-4-3-6-14-8-11/h3-4,6,8H,5,7,9-10H2,1-2H3. The van der Waals surface area contributed by atoms with Crippen LogP contribution in [0.4, 0.5) is 0 Å². The molecule has 0 N–H and O–H groups in total. The maximum Gasteiger partial charge on any atom is 0.152 e. The summed E-state index contributed by atoms with van der Waals surface area (Å²) in [5, 5.41) is 0. The van der Waals surface area contributed by atoms with Gasteiger partial charge in [0.25, 0.3) is 0 Å². The third-order valence-electron chi connectivity index (χ3n) is 3.30. The molecule has 1 saturated heterocycles. The quantitative estimate of drug-likeness (QED) is 0.760. The SMILES string of the molecule is CC1(C)CCN(Cc2cccnc2)CC1=O. The van der Waals surface area contributed by atoms with Crippen LogP contribution in [0.1, 0.15) is 25.8 Å². The summed E-state index contributed by atoms with van der Waals surface area (Å²) in [4.78, 5) is 18.1. The molecule has 86 valence electrons. The van der Waals surface area contributed by atoms with E-state index in [0.29, 0.717) is 12.3 Å². The lowest BCUT2D eigenvalue weighted by Crippen LogP contribution is -2.44. The molecule has 2 rings (SSSR count). The van der Waals surface area contributed by atoms with Crippen LogP contribution in [0.25, 0.3) is 0 Å². The number of aromatic nitrogens is 1. The molecule has 3 heteroatoms. The zero-order valence-corrected chi connectivity index (χ0v) is 9.94. The summed E-state index contributed by atoms with van der Waals surface area (Å²) < 4.78 is 0. The second-order valence-electron chi connectivity index (χ2n) is 5.13. The highest BCUT2D eigenvalue weighted by Gasteiger charge is 2.33. The third-order valence-corrected chi connectivity index (χ3v) is 3.30. The van der Waals surface area contributed by atoms with Crippen LogP contribution in [-0.4, -0.2) is 28.8 Å². The van der Waals surface area contributed by atoms with Gasteiger partial charge in [0, 0.05) is 24.4 Å². The first kappa shape index (κ1) is 11.3. The summed E-state index contributed by atoms with van der Waals surface area (Å²) in [6, 6.07) is 3.99.